The van der Waals surface area contributed by atoms with Gasteiger partial charge in [-0.1, -0.05) is 24.3 Å². The second kappa shape index (κ2) is 10.3. The minimum absolute atomic E-state index is 0.522. The molecule has 0 unspecified atom stereocenters. The molecule has 0 bridgehead atoms. The highest BCUT2D eigenvalue weighted by Gasteiger charge is 2.14. The molecule has 5 nitrogen and oxygen atoms in total. The second-order valence-electron chi connectivity index (χ2n) is 7.30. The molecule has 152 valence electrons. The van der Waals surface area contributed by atoms with Crippen molar-refractivity contribution in [3.05, 3.63) is 77.6 Å². The first kappa shape index (κ1) is 21.2. The Morgan fingerprint density at radius 1 is 1.10 bits per heavy atom. The maximum Gasteiger partial charge on any atom is 0.231 e. The van der Waals surface area contributed by atoms with E-state index in [1.165, 1.54) is 5.56 Å². The summed E-state index contributed by atoms with van der Waals surface area (Å²) in [6.07, 6.45) is 8.65. The van der Waals surface area contributed by atoms with E-state index in [9.17, 15) is 0 Å². The van der Waals surface area contributed by atoms with E-state index < -0.39 is 0 Å². The molecule has 0 atom stereocenters. The summed E-state index contributed by atoms with van der Waals surface area (Å²) < 4.78 is 2.14. The van der Waals surface area contributed by atoms with Crippen LogP contribution in [-0.2, 0) is 6.54 Å². The molecule has 0 saturated carbocycles. The fraction of sp³-hybridized carbons (Fsp3) is 0.240. The lowest BCUT2D eigenvalue weighted by molar-refractivity contribution is -0.683. The summed E-state index contributed by atoms with van der Waals surface area (Å²) in [4.78, 5) is 6.64. The van der Waals surface area contributed by atoms with Gasteiger partial charge in [0.2, 0.25) is 5.69 Å². The first-order valence-electron chi connectivity index (χ1n) is 10.1. The highest BCUT2D eigenvalue weighted by atomic mass is 15.1. The zero-order valence-electron chi connectivity index (χ0n) is 17.6. The molecule has 3 aromatic rings. The van der Waals surface area contributed by atoms with E-state index in [0.717, 1.165) is 41.3 Å². The molecule has 0 aliphatic heterocycles. The predicted octanol–water partition coefficient (Wildman–Crippen LogP) is 3.82. The van der Waals surface area contributed by atoms with E-state index in [4.69, 9.17) is 11.0 Å². The quantitative estimate of drug-likeness (QED) is 0.586. The standard InChI is InChI=1S/C25H28N5/c1-20-10-14-28-24(18-20)25-19-22(11-16-30(25)17-13-27)5-4-21-6-8-23(9-7-21)29(2)15-3-12-26/h4-11,14,16,18-19H,3,13,15,17,27H2,1-2H3/q+1. The van der Waals surface area contributed by atoms with Crippen LogP contribution in [0.25, 0.3) is 23.5 Å². The molecule has 0 saturated heterocycles. The van der Waals surface area contributed by atoms with Gasteiger partial charge in [-0.2, -0.15) is 9.83 Å². The van der Waals surface area contributed by atoms with E-state index in [2.05, 4.69) is 88.3 Å². The summed E-state index contributed by atoms with van der Waals surface area (Å²) in [5, 5.41) is 8.74. The Balaban J connectivity index is 1.82. The van der Waals surface area contributed by atoms with Crippen LogP contribution in [-0.4, -0.2) is 25.1 Å². The number of rotatable bonds is 8. The third-order valence-electron chi connectivity index (χ3n) is 4.97. The lowest BCUT2D eigenvalue weighted by Gasteiger charge is -2.17. The van der Waals surface area contributed by atoms with Gasteiger partial charge in [0.1, 0.15) is 5.69 Å². The van der Waals surface area contributed by atoms with Crippen molar-refractivity contribution < 1.29 is 4.57 Å². The highest BCUT2D eigenvalue weighted by Crippen LogP contribution is 2.18. The minimum atomic E-state index is 0.522. The Hall–Kier alpha value is -3.49. The van der Waals surface area contributed by atoms with Crippen molar-refractivity contribution in [2.75, 3.05) is 25.0 Å². The number of nitriles is 1. The van der Waals surface area contributed by atoms with Gasteiger partial charge in [-0.15, -0.1) is 0 Å². The number of benzene rings is 1. The van der Waals surface area contributed by atoms with E-state index in [1.54, 1.807) is 0 Å². The number of nitrogens with two attached hydrogens (primary N) is 1. The van der Waals surface area contributed by atoms with Crippen LogP contribution >= 0.6 is 0 Å². The van der Waals surface area contributed by atoms with Crippen molar-refractivity contribution in [2.24, 2.45) is 5.73 Å². The molecular formula is C25H28N5+. The largest absolute Gasteiger partial charge is 0.374 e. The van der Waals surface area contributed by atoms with Gasteiger partial charge in [-0.05, 0) is 47.9 Å². The lowest BCUT2D eigenvalue weighted by Crippen LogP contribution is -2.39. The van der Waals surface area contributed by atoms with Gasteiger partial charge in [-0.3, -0.25) is 0 Å². The summed E-state index contributed by atoms with van der Waals surface area (Å²) in [6.45, 7) is 4.13. The van der Waals surface area contributed by atoms with Gasteiger partial charge in [-0.25, -0.2) is 4.98 Å². The van der Waals surface area contributed by atoms with E-state index in [0.29, 0.717) is 13.0 Å². The molecule has 2 aromatic heterocycles. The maximum atomic E-state index is 8.74. The molecule has 0 radical (unpaired) electrons. The highest BCUT2D eigenvalue weighted by molar-refractivity contribution is 5.71. The lowest BCUT2D eigenvalue weighted by atomic mass is 10.1. The molecular weight excluding hydrogens is 370 g/mol. The van der Waals surface area contributed by atoms with Crippen molar-refractivity contribution in [2.45, 2.75) is 19.9 Å². The number of nitrogens with zero attached hydrogens (tertiary/aromatic N) is 4. The summed E-state index contributed by atoms with van der Waals surface area (Å²) in [7, 11) is 2.00. The van der Waals surface area contributed by atoms with Crippen LogP contribution in [0, 0.1) is 18.3 Å². The van der Waals surface area contributed by atoms with Gasteiger partial charge < -0.3 is 10.6 Å². The number of anilines is 1. The van der Waals surface area contributed by atoms with Crippen molar-refractivity contribution in [3.63, 3.8) is 0 Å². The Morgan fingerprint density at radius 3 is 2.57 bits per heavy atom. The van der Waals surface area contributed by atoms with Gasteiger partial charge in [0, 0.05) is 37.6 Å². The Kier molecular flexibility index (Phi) is 7.31. The molecule has 30 heavy (non-hydrogen) atoms. The van der Waals surface area contributed by atoms with Gasteiger partial charge in [0.15, 0.2) is 12.7 Å². The average Bonchev–Trinajstić information content (AvgIpc) is 2.77. The van der Waals surface area contributed by atoms with Gasteiger partial charge in [0.05, 0.1) is 19.0 Å². The third kappa shape index (κ3) is 5.53. The van der Waals surface area contributed by atoms with Crippen LogP contribution in [0.2, 0.25) is 0 Å². The fourth-order valence-electron chi connectivity index (χ4n) is 3.26. The number of pyridine rings is 2. The van der Waals surface area contributed by atoms with Crippen LogP contribution in [0.5, 0.6) is 0 Å². The van der Waals surface area contributed by atoms with Crippen LogP contribution in [0.15, 0.2) is 60.9 Å². The molecule has 5 heteroatoms. The molecule has 1 aromatic carbocycles. The van der Waals surface area contributed by atoms with E-state index >= 15 is 0 Å². The zero-order chi connectivity index (χ0) is 21.3. The second-order valence-corrected chi connectivity index (χ2v) is 7.30. The number of hydrogen-bond donors (Lipinski definition) is 1. The first-order valence-corrected chi connectivity index (χ1v) is 10.1. The molecule has 0 fully saturated rings. The molecule has 0 spiro atoms. The van der Waals surface area contributed by atoms with E-state index in [-0.39, 0.29) is 0 Å². The molecule has 0 amide bonds. The van der Waals surface area contributed by atoms with Crippen LogP contribution in [0.3, 0.4) is 0 Å². The summed E-state index contributed by atoms with van der Waals surface area (Å²) in [5.41, 5.74) is 12.3. The normalized spacial score (nSPS) is 10.9. The summed E-state index contributed by atoms with van der Waals surface area (Å²) in [5.74, 6) is 0. The van der Waals surface area contributed by atoms with Gasteiger partial charge in [0.25, 0.3) is 0 Å². The molecule has 0 aliphatic carbocycles. The predicted molar refractivity (Wildman–Crippen MR) is 123 cm³/mol. The topological polar surface area (TPSA) is 69.8 Å². The van der Waals surface area contributed by atoms with Crippen LogP contribution in [0.4, 0.5) is 5.69 Å². The zero-order valence-corrected chi connectivity index (χ0v) is 17.6. The Labute approximate surface area is 178 Å². The smallest absolute Gasteiger partial charge is 0.231 e. The number of aryl methyl sites for hydroxylation is 1. The minimum Gasteiger partial charge on any atom is -0.374 e. The van der Waals surface area contributed by atoms with Crippen LogP contribution < -0.4 is 15.2 Å². The molecule has 0 aliphatic rings. The number of hydrogen-bond acceptors (Lipinski definition) is 4. The van der Waals surface area contributed by atoms with Crippen molar-refractivity contribution in [1.29, 1.82) is 5.26 Å². The first-order chi connectivity index (χ1) is 14.6. The Morgan fingerprint density at radius 2 is 1.87 bits per heavy atom. The van der Waals surface area contributed by atoms with Crippen molar-refractivity contribution >= 4 is 17.8 Å². The monoisotopic (exact) mass is 398 g/mol. The van der Waals surface area contributed by atoms with Gasteiger partial charge >= 0.3 is 0 Å². The maximum absolute atomic E-state index is 8.74. The molecule has 2 N–H and O–H groups in total. The van der Waals surface area contributed by atoms with Crippen molar-refractivity contribution in [3.8, 4) is 17.5 Å². The van der Waals surface area contributed by atoms with E-state index in [1.807, 2.05) is 19.3 Å². The summed E-state index contributed by atoms with van der Waals surface area (Å²) >= 11 is 0. The van der Waals surface area contributed by atoms with Crippen molar-refractivity contribution in [1.82, 2.24) is 4.98 Å². The molecule has 3 rings (SSSR count). The Bertz CT molecular complexity index is 1050. The molecule has 2 heterocycles. The SMILES string of the molecule is Cc1ccnc(-c2cc(/C=C/c3ccc(N(C)CCC#N)cc3)cc[n+]2CCN)c1. The van der Waals surface area contributed by atoms with Crippen LogP contribution in [0.1, 0.15) is 23.1 Å². The number of aromatic nitrogens is 2. The average molecular weight is 399 g/mol. The summed E-state index contributed by atoms with van der Waals surface area (Å²) in [6, 6.07) is 18.9. The fourth-order valence-corrected chi connectivity index (χ4v) is 3.26. The third-order valence-corrected chi connectivity index (χ3v) is 4.97.